The van der Waals surface area contributed by atoms with E-state index in [0.29, 0.717) is 23.5 Å². The Kier molecular flexibility index (Phi) is 4.81. The zero-order valence-corrected chi connectivity index (χ0v) is 12.1. The van der Waals surface area contributed by atoms with Crippen LogP contribution in [0.3, 0.4) is 0 Å². The first-order valence-electron chi connectivity index (χ1n) is 7.13. The lowest BCUT2D eigenvalue weighted by molar-refractivity contribution is 0.241. The molecular formula is C16H24FNO. The van der Waals surface area contributed by atoms with E-state index in [4.69, 9.17) is 4.74 Å². The minimum absolute atomic E-state index is 0.125. The summed E-state index contributed by atoms with van der Waals surface area (Å²) in [7, 11) is 3.54. The largest absolute Gasteiger partial charge is 0.497 e. The molecule has 1 aromatic rings. The number of ether oxygens (including phenoxy) is 1. The van der Waals surface area contributed by atoms with Gasteiger partial charge in [0.05, 0.1) is 7.11 Å². The molecule has 1 aromatic carbocycles. The molecule has 3 atom stereocenters. The van der Waals surface area contributed by atoms with Gasteiger partial charge in [-0.15, -0.1) is 0 Å². The average molecular weight is 265 g/mol. The lowest BCUT2D eigenvalue weighted by atomic mass is 9.71. The van der Waals surface area contributed by atoms with Crippen molar-refractivity contribution in [3.05, 3.63) is 29.6 Å². The smallest absolute Gasteiger partial charge is 0.130 e. The van der Waals surface area contributed by atoms with E-state index in [1.165, 1.54) is 18.9 Å². The van der Waals surface area contributed by atoms with Gasteiger partial charge >= 0.3 is 0 Å². The van der Waals surface area contributed by atoms with Gasteiger partial charge < -0.3 is 10.1 Å². The summed E-state index contributed by atoms with van der Waals surface area (Å²) in [5.41, 5.74) is 0.854. The molecule has 0 aromatic heterocycles. The fourth-order valence-corrected chi connectivity index (χ4v) is 3.27. The van der Waals surface area contributed by atoms with Crippen molar-refractivity contribution in [1.29, 1.82) is 0 Å². The first-order chi connectivity index (χ1) is 9.15. The SMILES string of the molecule is CNCC1CCC(C)CC1c1ccc(OC)cc1F. The lowest BCUT2D eigenvalue weighted by Crippen LogP contribution is -2.30. The average Bonchev–Trinajstić information content (AvgIpc) is 2.41. The number of hydrogen-bond acceptors (Lipinski definition) is 2. The number of benzene rings is 1. The van der Waals surface area contributed by atoms with Crippen LogP contribution in [-0.4, -0.2) is 20.7 Å². The molecule has 0 radical (unpaired) electrons. The zero-order valence-electron chi connectivity index (χ0n) is 12.1. The molecule has 0 amide bonds. The summed E-state index contributed by atoms with van der Waals surface area (Å²) in [5, 5.41) is 3.25. The van der Waals surface area contributed by atoms with Gasteiger partial charge in [-0.2, -0.15) is 0 Å². The van der Waals surface area contributed by atoms with Crippen molar-refractivity contribution in [2.45, 2.75) is 32.1 Å². The molecule has 2 nitrogen and oxygen atoms in total. The lowest BCUT2D eigenvalue weighted by Gasteiger charge is -2.35. The van der Waals surface area contributed by atoms with Gasteiger partial charge in [-0.25, -0.2) is 4.39 Å². The molecule has 0 aliphatic heterocycles. The minimum Gasteiger partial charge on any atom is -0.497 e. The molecule has 1 aliphatic carbocycles. The van der Waals surface area contributed by atoms with E-state index in [1.807, 2.05) is 19.2 Å². The Balaban J connectivity index is 2.25. The van der Waals surface area contributed by atoms with Crippen LogP contribution in [0.5, 0.6) is 5.75 Å². The van der Waals surface area contributed by atoms with E-state index >= 15 is 0 Å². The van der Waals surface area contributed by atoms with Crippen LogP contribution in [-0.2, 0) is 0 Å². The zero-order chi connectivity index (χ0) is 13.8. The molecule has 2 rings (SSSR count). The van der Waals surface area contributed by atoms with E-state index in [1.54, 1.807) is 7.11 Å². The van der Waals surface area contributed by atoms with E-state index in [-0.39, 0.29) is 5.82 Å². The van der Waals surface area contributed by atoms with Crippen molar-refractivity contribution in [3.63, 3.8) is 0 Å². The molecule has 0 heterocycles. The van der Waals surface area contributed by atoms with Crippen molar-refractivity contribution in [1.82, 2.24) is 5.32 Å². The third kappa shape index (κ3) is 3.27. The molecule has 0 saturated heterocycles. The van der Waals surface area contributed by atoms with Crippen LogP contribution in [0.2, 0.25) is 0 Å². The summed E-state index contributed by atoms with van der Waals surface area (Å²) < 4.78 is 19.3. The number of halogens is 1. The quantitative estimate of drug-likeness (QED) is 0.898. The van der Waals surface area contributed by atoms with Crippen LogP contribution >= 0.6 is 0 Å². The molecule has 0 bridgehead atoms. The van der Waals surface area contributed by atoms with Crippen LogP contribution in [0.1, 0.15) is 37.7 Å². The van der Waals surface area contributed by atoms with E-state index < -0.39 is 0 Å². The topological polar surface area (TPSA) is 21.3 Å². The fourth-order valence-electron chi connectivity index (χ4n) is 3.27. The summed E-state index contributed by atoms with van der Waals surface area (Å²) in [6, 6.07) is 5.28. The predicted octanol–water partition coefficient (Wildman–Crippen LogP) is 3.57. The summed E-state index contributed by atoms with van der Waals surface area (Å²) in [4.78, 5) is 0. The van der Waals surface area contributed by atoms with Gasteiger partial charge in [0.15, 0.2) is 0 Å². The van der Waals surface area contributed by atoms with Crippen molar-refractivity contribution < 1.29 is 9.13 Å². The van der Waals surface area contributed by atoms with Crippen molar-refractivity contribution in [2.75, 3.05) is 20.7 Å². The Hall–Kier alpha value is -1.09. The van der Waals surface area contributed by atoms with Gasteiger partial charge in [-0.1, -0.05) is 19.4 Å². The van der Waals surface area contributed by atoms with E-state index in [0.717, 1.165) is 18.5 Å². The minimum atomic E-state index is -0.125. The molecule has 1 saturated carbocycles. The second-order valence-electron chi connectivity index (χ2n) is 5.73. The highest BCUT2D eigenvalue weighted by atomic mass is 19.1. The Bertz CT molecular complexity index is 421. The molecule has 3 heteroatoms. The Morgan fingerprint density at radius 2 is 2.16 bits per heavy atom. The van der Waals surface area contributed by atoms with Gasteiger partial charge in [0, 0.05) is 6.07 Å². The Morgan fingerprint density at radius 1 is 1.37 bits per heavy atom. The summed E-state index contributed by atoms with van der Waals surface area (Å²) >= 11 is 0. The van der Waals surface area contributed by atoms with Crippen LogP contribution in [0.4, 0.5) is 4.39 Å². The normalized spacial score (nSPS) is 27.3. The van der Waals surface area contributed by atoms with Gasteiger partial charge in [0.2, 0.25) is 0 Å². The molecule has 3 unspecified atom stereocenters. The van der Waals surface area contributed by atoms with Crippen molar-refractivity contribution >= 4 is 0 Å². The van der Waals surface area contributed by atoms with Gasteiger partial charge in [-0.05, 0) is 55.8 Å². The second-order valence-corrected chi connectivity index (χ2v) is 5.73. The molecule has 1 fully saturated rings. The molecule has 1 N–H and O–H groups in total. The van der Waals surface area contributed by atoms with E-state index in [9.17, 15) is 4.39 Å². The number of rotatable bonds is 4. The highest BCUT2D eigenvalue weighted by molar-refractivity contribution is 5.32. The van der Waals surface area contributed by atoms with Gasteiger partial charge in [-0.3, -0.25) is 0 Å². The first kappa shape index (κ1) is 14.3. The van der Waals surface area contributed by atoms with Gasteiger partial charge in [0.25, 0.3) is 0 Å². The summed E-state index contributed by atoms with van der Waals surface area (Å²) in [6.45, 7) is 3.23. The molecule has 19 heavy (non-hydrogen) atoms. The third-order valence-electron chi connectivity index (χ3n) is 4.33. The number of methoxy groups -OCH3 is 1. The molecule has 106 valence electrons. The summed E-state index contributed by atoms with van der Waals surface area (Å²) in [5.74, 6) is 2.00. The number of nitrogens with one attached hydrogen (secondary N) is 1. The molecule has 0 spiro atoms. The monoisotopic (exact) mass is 265 g/mol. The third-order valence-corrected chi connectivity index (χ3v) is 4.33. The molecular weight excluding hydrogens is 241 g/mol. The molecule has 1 aliphatic rings. The summed E-state index contributed by atoms with van der Waals surface area (Å²) in [6.07, 6.45) is 3.51. The van der Waals surface area contributed by atoms with Crippen LogP contribution in [0, 0.1) is 17.7 Å². The maximum absolute atomic E-state index is 14.3. The maximum Gasteiger partial charge on any atom is 0.130 e. The van der Waals surface area contributed by atoms with Crippen LogP contribution in [0.15, 0.2) is 18.2 Å². The van der Waals surface area contributed by atoms with Crippen LogP contribution in [0.25, 0.3) is 0 Å². The first-order valence-corrected chi connectivity index (χ1v) is 7.13. The fraction of sp³-hybridized carbons (Fsp3) is 0.625. The highest BCUT2D eigenvalue weighted by Gasteiger charge is 2.31. The standard InChI is InChI=1S/C16H24FNO/c1-11-4-5-12(10-18-2)15(8-11)14-7-6-13(19-3)9-16(14)17/h6-7,9,11-12,15,18H,4-5,8,10H2,1-3H3. The highest BCUT2D eigenvalue weighted by Crippen LogP contribution is 2.41. The number of hydrogen-bond donors (Lipinski definition) is 1. The maximum atomic E-state index is 14.3. The Morgan fingerprint density at radius 3 is 2.79 bits per heavy atom. The van der Waals surface area contributed by atoms with E-state index in [2.05, 4.69) is 12.2 Å². The Labute approximate surface area is 115 Å². The van der Waals surface area contributed by atoms with Crippen molar-refractivity contribution in [2.24, 2.45) is 11.8 Å². The van der Waals surface area contributed by atoms with Crippen molar-refractivity contribution in [3.8, 4) is 5.75 Å². The predicted molar refractivity (Wildman–Crippen MR) is 76.1 cm³/mol. The van der Waals surface area contributed by atoms with Crippen LogP contribution < -0.4 is 10.1 Å². The van der Waals surface area contributed by atoms with Gasteiger partial charge in [0.1, 0.15) is 11.6 Å². The second kappa shape index (κ2) is 6.38.